The van der Waals surface area contributed by atoms with Crippen molar-refractivity contribution in [3.63, 3.8) is 0 Å². The van der Waals surface area contributed by atoms with Gasteiger partial charge in [-0.3, -0.25) is 9.59 Å². The van der Waals surface area contributed by atoms with Gasteiger partial charge in [0.05, 0.1) is 18.6 Å². The van der Waals surface area contributed by atoms with Crippen LogP contribution in [-0.2, 0) is 14.3 Å². The van der Waals surface area contributed by atoms with Crippen LogP contribution < -0.4 is 5.32 Å². The molecule has 0 fully saturated rings. The van der Waals surface area contributed by atoms with E-state index in [1.807, 2.05) is 12.1 Å². The Hall–Kier alpha value is -2.77. The minimum absolute atomic E-state index is 0.166. The zero-order chi connectivity index (χ0) is 21.5. The Morgan fingerprint density at radius 2 is 1.77 bits per heavy atom. The molecule has 2 aromatic rings. The summed E-state index contributed by atoms with van der Waals surface area (Å²) in [6, 6.07) is 12.6. The fourth-order valence-electron chi connectivity index (χ4n) is 3.88. The molecule has 1 heterocycles. The third kappa shape index (κ3) is 4.68. The zero-order valence-corrected chi connectivity index (χ0v) is 17.3. The molecule has 0 bridgehead atoms. The molecule has 0 spiro atoms. The number of hydrogen-bond donors (Lipinski definition) is 1. The van der Waals surface area contributed by atoms with Crippen LogP contribution in [0.5, 0.6) is 0 Å². The molecular formula is C23H27FN2O4. The van der Waals surface area contributed by atoms with Gasteiger partial charge in [0.1, 0.15) is 5.82 Å². The van der Waals surface area contributed by atoms with Crippen molar-refractivity contribution in [3.8, 4) is 0 Å². The fraction of sp³-hybridized carbons (Fsp3) is 0.391. The van der Waals surface area contributed by atoms with Gasteiger partial charge in [0.25, 0.3) is 5.91 Å². The van der Waals surface area contributed by atoms with Crippen LogP contribution in [0.15, 0.2) is 48.5 Å². The van der Waals surface area contributed by atoms with Gasteiger partial charge >= 0.3 is 0 Å². The van der Waals surface area contributed by atoms with E-state index in [9.17, 15) is 14.0 Å². The van der Waals surface area contributed by atoms with Crippen molar-refractivity contribution < 1.29 is 23.5 Å². The highest BCUT2D eigenvalue weighted by Gasteiger charge is 2.43. The average molecular weight is 414 g/mol. The van der Waals surface area contributed by atoms with E-state index in [0.29, 0.717) is 49.4 Å². The van der Waals surface area contributed by atoms with E-state index < -0.39 is 12.0 Å². The maximum absolute atomic E-state index is 13.6. The molecule has 7 heteroatoms. The molecule has 0 unspecified atom stereocenters. The fourth-order valence-corrected chi connectivity index (χ4v) is 3.88. The minimum Gasteiger partial charge on any atom is -0.385 e. The Kier molecular flexibility index (Phi) is 7.54. The topological polar surface area (TPSA) is 67.9 Å². The smallest absolute Gasteiger partial charge is 0.254 e. The predicted octanol–water partition coefficient (Wildman–Crippen LogP) is 2.91. The molecule has 2 atom stereocenters. The van der Waals surface area contributed by atoms with Gasteiger partial charge in [-0.25, -0.2) is 4.39 Å². The normalized spacial score (nSPS) is 18.2. The summed E-state index contributed by atoms with van der Waals surface area (Å²) in [5.74, 6) is -1.34. The molecule has 1 N–H and O–H groups in total. The predicted molar refractivity (Wildman–Crippen MR) is 111 cm³/mol. The molecule has 6 nitrogen and oxygen atoms in total. The second-order valence-corrected chi connectivity index (χ2v) is 7.19. The Labute approximate surface area is 176 Å². The minimum atomic E-state index is -0.622. The molecule has 2 amide bonds. The Bertz CT molecular complexity index is 872. The Morgan fingerprint density at radius 1 is 1.07 bits per heavy atom. The molecule has 1 aliphatic heterocycles. The van der Waals surface area contributed by atoms with Crippen molar-refractivity contribution in [2.45, 2.75) is 18.4 Å². The van der Waals surface area contributed by atoms with Crippen LogP contribution in [0.2, 0.25) is 0 Å². The van der Waals surface area contributed by atoms with Crippen molar-refractivity contribution in [2.24, 2.45) is 0 Å². The van der Waals surface area contributed by atoms with Gasteiger partial charge in [0, 0.05) is 39.5 Å². The summed E-state index contributed by atoms with van der Waals surface area (Å²) in [4.78, 5) is 28.2. The van der Waals surface area contributed by atoms with Crippen LogP contribution in [0.3, 0.4) is 0 Å². The molecule has 0 aromatic heterocycles. The Balaban J connectivity index is 2.04. The summed E-state index contributed by atoms with van der Waals surface area (Å²) in [6.45, 7) is 1.65. The number of halogens is 1. The van der Waals surface area contributed by atoms with E-state index in [2.05, 4.69) is 5.32 Å². The number of rotatable bonds is 9. The highest BCUT2D eigenvalue weighted by molar-refractivity contribution is 6.01. The molecule has 1 aliphatic rings. The third-order valence-corrected chi connectivity index (χ3v) is 5.29. The maximum atomic E-state index is 13.6. The van der Waals surface area contributed by atoms with Gasteiger partial charge in [-0.1, -0.05) is 30.3 Å². The van der Waals surface area contributed by atoms with Crippen LogP contribution in [-0.4, -0.2) is 57.2 Å². The molecule has 0 radical (unpaired) electrons. The molecule has 2 aromatic carbocycles. The zero-order valence-electron chi connectivity index (χ0n) is 17.3. The second-order valence-electron chi connectivity index (χ2n) is 7.19. The van der Waals surface area contributed by atoms with E-state index in [0.717, 1.165) is 0 Å². The van der Waals surface area contributed by atoms with Gasteiger partial charge in [-0.2, -0.15) is 0 Å². The number of methoxy groups -OCH3 is 2. The van der Waals surface area contributed by atoms with Gasteiger partial charge in [-0.05, 0) is 35.7 Å². The SMILES string of the molecule is COCCCNC(=O)[C@@H]1c2ccccc2C(=O)N(CCOC)[C@H]1c1ccc(F)cc1. The maximum Gasteiger partial charge on any atom is 0.254 e. The van der Waals surface area contributed by atoms with Crippen LogP contribution >= 0.6 is 0 Å². The summed E-state index contributed by atoms with van der Waals surface area (Å²) in [5, 5.41) is 2.97. The van der Waals surface area contributed by atoms with Gasteiger partial charge in [-0.15, -0.1) is 0 Å². The first-order chi connectivity index (χ1) is 14.6. The lowest BCUT2D eigenvalue weighted by atomic mass is 9.79. The first-order valence-electron chi connectivity index (χ1n) is 9.99. The molecule has 3 rings (SSSR count). The van der Waals surface area contributed by atoms with Crippen LogP contribution in [0.25, 0.3) is 0 Å². The quantitative estimate of drug-likeness (QED) is 0.641. The number of ether oxygens (including phenoxy) is 2. The van der Waals surface area contributed by atoms with Crippen molar-refractivity contribution >= 4 is 11.8 Å². The van der Waals surface area contributed by atoms with Crippen LogP contribution in [0, 0.1) is 5.82 Å². The lowest BCUT2D eigenvalue weighted by Crippen LogP contribution is -2.48. The number of amides is 2. The number of nitrogens with one attached hydrogen (secondary N) is 1. The summed E-state index contributed by atoms with van der Waals surface area (Å²) >= 11 is 0. The first-order valence-corrected chi connectivity index (χ1v) is 9.99. The highest BCUT2D eigenvalue weighted by Crippen LogP contribution is 2.42. The summed E-state index contributed by atoms with van der Waals surface area (Å²) in [6.07, 6.45) is 0.685. The molecule has 0 saturated carbocycles. The van der Waals surface area contributed by atoms with E-state index in [4.69, 9.17) is 9.47 Å². The number of benzene rings is 2. The van der Waals surface area contributed by atoms with Crippen molar-refractivity contribution in [1.29, 1.82) is 0 Å². The lowest BCUT2D eigenvalue weighted by molar-refractivity contribution is -0.124. The summed E-state index contributed by atoms with van der Waals surface area (Å²) in [7, 11) is 3.18. The van der Waals surface area contributed by atoms with E-state index >= 15 is 0 Å². The van der Waals surface area contributed by atoms with Crippen LogP contribution in [0.4, 0.5) is 4.39 Å². The van der Waals surface area contributed by atoms with Gasteiger partial charge in [0.2, 0.25) is 5.91 Å². The standard InChI is InChI=1S/C23H27FN2O4/c1-29-14-5-12-25-22(27)20-18-6-3-4-7-19(18)23(28)26(13-15-30-2)21(20)16-8-10-17(24)11-9-16/h3-4,6-11,20-21H,5,12-15H2,1-2H3,(H,25,27)/t20-,21+/m1/s1. The van der Waals surface area contributed by atoms with Crippen molar-refractivity contribution in [1.82, 2.24) is 10.2 Å². The van der Waals surface area contributed by atoms with Gasteiger partial charge < -0.3 is 19.7 Å². The van der Waals surface area contributed by atoms with Crippen molar-refractivity contribution in [2.75, 3.05) is 40.5 Å². The highest BCUT2D eigenvalue weighted by atomic mass is 19.1. The molecular weight excluding hydrogens is 387 g/mol. The molecule has 0 aliphatic carbocycles. The monoisotopic (exact) mass is 414 g/mol. The van der Waals surface area contributed by atoms with Gasteiger partial charge in [0.15, 0.2) is 0 Å². The van der Waals surface area contributed by atoms with E-state index in [-0.39, 0.29) is 17.6 Å². The average Bonchev–Trinajstić information content (AvgIpc) is 2.76. The van der Waals surface area contributed by atoms with E-state index in [1.54, 1.807) is 43.4 Å². The lowest BCUT2D eigenvalue weighted by Gasteiger charge is -2.41. The van der Waals surface area contributed by atoms with E-state index in [1.165, 1.54) is 12.1 Å². The Morgan fingerprint density at radius 3 is 2.47 bits per heavy atom. The number of fused-ring (bicyclic) bond motifs is 1. The third-order valence-electron chi connectivity index (χ3n) is 5.29. The summed E-state index contributed by atoms with van der Waals surface area (Å²) < 4.78 is 23.8. The van der Waals surface area contributed by atoms with Crippen molar-refractivity contribution in [3.05, 3.63) is 71.0 Å². The molecule has 0 saturated heterocycles. The number of carbonyl (C=O) groups excluding carboxylic acids is 2. The second kappa shape index (κ2) is 10.3. The summed E-state index contributed by atoms with van der Waals surface area (Å²) in [5.41, 5.74) is 1.88. The number of hydrogen-bond acceptors (Lipinski definition) is 4. The largest absolute Gasteiger partial charge is 0.385 e. The first kappa shape index (κ1) is 21.9. The molecule has 30 heavy (non-hydrogen) atoms. The number of carbonyl (C=O) groups is 2. The number of nitrogens with zero attached hydrogens (tertiary/aromatic N) is 1. The molecule has 160 valence electrons. The van der Waals surface area contributed by atoms with Crippen LogP contribution in [0.1, 0.15) is 39.9 Å².